The molecular weight excluding hydrogens is 272 g/mol. The maximum Gasteiger partial charge on any atom is 0.224 e. The first-order chi connectivity index (χ1) is 7.63. The lowest BCUT2D eigenvalue weighted by Gasteiger charge is -2.09. The van der Waals surface area contributed by atoms with Crippen molar-refractivity contribution in [1.29, 1.82) is 0 Å². The van der Waals surface area contributed by atoms with Crippen LogP contribution in [-0.4, -0.2) is 24.1 Å². The first-order valence-electron chi connectivity index (χ1n) is 5.06. The van der Waals surface area contributed by atoms with Gasteiger partial charge in [-0.3, -0.25) is 4.79 Å². The van der Waals surface area contributed by atoms with Gasteiger partial charge in [0.25, 0.3) is 0 Å². The molecule has 88 valence electrons. The van der Waals surface area contributed by atoms with Crippen LogP contribution >= 0.6 is 15.9 Å². The fourth-order valence-corrected chi connectivity index (χ4v) is 1.49. The van der Waals surface area contributed by atoms with Gasteiger partial charge in [-0.1, -0.05) is 0 Å². The van der Waals surface area contributed by atoms with Crippen LogP contribution in [0.25, 0.3) is 0 Å². The molecule has 1 unspecified atom stereocenters. The average Bonchev–Trinajstić information content (AvgIpc) is 2.29. The first kappa shape index (κ1) is 13.1. The van der Waals surface area contributed by atoms with E-state index in [1.807, 2.05) is 6.92 Å². The van der Waals surface area contributed by atoms with E-state index in [9.17, 15) is 4.79 Å². The number of carbonyl (C=O) groups is 1. The van der Waals surface area contributed by atoms with E-state index in [-0.39, 0.29) is 12.0 Å². The number of aromatic nitrogens is 1. The topological polar surface area (TPSA) is 51.2 Å². The first-order valence-corrected chi connectivity index (χ1v) is 5.86. The predicted octanol–water partition coefficient (Wildman–Crippen LogP) is 2.60. The third-order valence-corrected chi connectivity index (χ3v) is 2.85. The number of methoxy groups -OCH3 is 1. The van der Waals surface area contributed by atoms with Crippen molar-refractivity contribution in [1.82, 2.24) is 4.98 Å². The fraction of sp³-hybridized carbons (Fsp3) is 0.455. The molecule has 1 aromatic heterocycles. The summed E-state index contributed by atoms with van der Waals surface area (Å²) in [4.78, 5) is 15.6. The minimum Gasteiger partial charge on any atom is -0.382 e. The fourth-order valence-electron chi connectivity index (χ4n) is 1.14. The standard InChI is InChI=1S/C11H15BrN2O2/c1-8(16-2)5-6-10(15)14-9-4-3-7-13-11(9)12/h3-4,7-8H,5-6H2,1-2H3,(H,14,15). The Hall–Kier alpha value is -0.940. The Balaban J connectivity index is 2.43. The number of anilines is 1. The summed E-state index contributed by atoms with van der Waals surface area (Å²) in [6, 6.07) is 3.58. The van der Waals surface area contributed by atoms with E-state index in [2.05, 4.69) is 26.2 Å². The van der Waals surface area contributed by atoms with E-state index in [1.54, 1.807) is 25.4 Å². The van der Waals surface area contributed by atoms with Crippen LogP contribution in [-0.2, 0) is 9.53 Å². The van der Waals surface area contributed by atoms with Gasteiger partial charge in [0.15, 0.2) is 0 Å². The number of pyridine rings is 1. The van der Waals surface area contributed by atoms with Crippen molar-refractivity contribution < 1.29 is 9.53 Å². The third kappa shape index (κ3) is 4.28. The second-order valence-electron chi connectivity index (χ2n) is 3.47. The second kappa shape index (κ2) is 6.60. The van der Waals surface area contributed by atoms with Gasteiger partial charge in [-0.25, -0.2) is 4.98 Å². The number of hydrogen-bond donors (Lipinski definition) is 1. The lowest BCUT2D eigenvalue weighted by Crippen LogP contribution is -2.15. The highest BCUT2D eigenvalue weighted by Gasteiger charge is 2.07. The van der Waals surface area contributed by atoms with E-state index in [0.717, 1.165) is 0 Å². The van der Waals surface area contributed by atoms with Gasteiger partial charge in [0.1, 0.15) is 4.60 Å². The van der Waals surface area contributed by atoms with Crippen LogP contribution in [0.2, 0.25) is 0 Å². The van der Waals surface area contributed by atoms with Gasteiger partial charge in [0, 0.05) is 19.7 Å². The number of halogens is 1. The van der Waals surface area contributed by atoms with Crippen molar-refractivity contribution in [2.45, 2.75) is 25.9 Å². The van der Waals surface area contributed by atoms with Crippen molar-refractivity contribution in [3.63, 3.8) is 0 Å². The van der Waals surface area contributed by atoms with Crippen LogP contribution < -0.4 is 5.32 Å². The molecule has 0 aliphatic heterocycles. The van der Waals surface area contributed by atoms with Crippen molar-refractivity contribution >= 4 is 27.5 Å². The van der Waals surface area contributed by atoms with E-state index >= 15 is 0 Å². The summed E-state index contributed by atoms with van der Waals surface area (Å²) < 4.78 is 5.71. The molecule has 0 fully saturated rings. The van der Waals surface area contributed by atoms with Crippen LogP contribution in [0.5, 0.6) is 0 Å². The molecule has 1 amide bonds. The van der Waals surface area contributed by atoms with Gasteiger partial charge in [-0.05, 0) is 41.4 Å². The zero-order valence-electron chi connectivity index (χ0n) is 9.37. The second-order valence-corrected chi connectivity index (χ2v) is 4.23. The Labute approximate surface area is 104 Å². The molecule has 1 heterocycles. The lowest BCUT2D eigenvalue weighted by atomic mass is 10.2. The summed E-state index contributed by atoms with van der Waals surface area (Å²) in [6.45, 7) is 1.94. The molecule has 0 aliphatic carbocycles. The molecule has 0 bridgehead atoms. The number of carbonyl (C=O) groups excluding carboxylic acids is 1. The van der Waals surface area contributed by atoms with Crippen LogP contribution in [0, 0.1) is 0 Å². The number of rotatable bonds is 5. The molecule has 0 aromatic carbocycles. The maximum atomic E-state index is 11.6. The third-order valence-electron chi connectivity index (χ3n) is 2.21. The van der Waals surface area contributed by atoms with Gasteiger partial charge in [-0.15, -0.1) is 0 Å². The van der Waals surface area contributed by atoms with Gasteiger partial charge in [0.05, 0.1) is 11.8 Å². The number of ether oxygens (including phenoxy) is 1. The molecule has 5 heteroatoms. The summed E-state index contributed by atoms with van der Waals surface area (Å²) >= 11 is 3.27. The van der Waals surface area contributed by atoms with Crippen LogP contribution in [0.15, 0.2) is 22.9 Å². The molecule has 0 saturated carbocycles. The van der Waals surface area contributed by atoms with Crippen LogP contribution in [0.4, 0.5) is 5.69 Å². The summed E-state index contributed by atoms with van der Waals surface area (Å²) in [6.07, 6.45) is 2.91. The largest absolute Gasteiger partial charge is 0.382 e. The SMILES string of the molecule is COC(C)CCC(=O)Nc1cccnc1Br. The molecule has 1 N–H and O–H groups in total. The monoisotopic (exact) mass is 286 g/mol. The Kier molecular flexibility index (Phi) is 5.42. The molecule has 1 atom stereocenters. The molecule has 16 heavy (non-hydrogen) atoms. The number of hydrogen-bond acceptors (Lipinski definition) is 3. The summed E-state index contributed by atoms with van der Waals surface area (Å²) in [7, 11) is 1.64. The van der Waals surface area contributed by atoms with Crippen molar-refractivity contribution in [2.24, 2.45) is 0 Å². The Morgan fingerprint density at radius 3 is 3.06 bits per heavy atom. The average molecular weight is 287 g/mol. The van der Waals surface area contributed by atoms with Crippen molar-refractivity contribution in [3.05, 3.63) is 22.9 Å². The molecule has 0 saturated heterocycles. The Morgan fingerprint density at radius 2 is 2.44 bits per heavy atom. The zero-order valence-corrected chi connectivity index (χ0v) is 11.0. The molecule has 4 nitrogen and oxygen atoms in total. The van der Waals surface area contributed by atoms with E-state index in [0.29, 0.717) is 23.1 Å². The minimum absolute atomic E-state index is 0.0300. The molecule has 1 aromatic rings. The van der Waals surface area contributed by atoms with E-state index in [4.69, 9.17) is 4.74 Å². The number of nitrogens with zero attached hydrogens (tertiary/aromatic N) is 1. The van der Waals surface area contributed by atoms with Gasteiger partial charge in [0.2, 0.25) is 5.91 Å². The molecular formula is C11H15BrN2O2. The smallest absolute Gasteiger partial charge is 0.224 e. The highest BCUT2D eigenvalue weighted by atomic mass is 79.9. The summed E-state index contributed by atoms with van der Waals surface area (Å²) in [5.74, 6) is -0.0300. The summed E-state index contributed by atoms with van der Waals surface area (Å²) in [5, 5.41) is 2.79. The quantitative estimate of drug-likeness (QED) is 0.847. The van der Waals surface area contributed by atoms with Gasteiger partial charge in [-0.2, -0.15) is 0 Å². The zero-order chi connectivity index (χ0) is 12.0. The minimum atomic E-state index is -0.0300. The number of nitrogens with one attached hydrogen (secondary N) is 1. The molecule has 1 rings (SSSR count). The highest BCUT2D eigenvalue weighted by molar-refractivity contribution is 9.10. The lowest BCUT2D eigenvalue weighted by molar-refractivity contribution is -0.116. The van der Waals surface area contributed by atoms with Gasteiger partial charge >= 0.3 is 0 Å². The van der Waals surface area contributed by atoms with Crippen molar-refractivity contribution in [3.8, 4) is 0 Å². The van der Waals surface area contributed by atoms with E-state index in [1.165, 1.54) is 0 Å². The Morgan fingerprint density at radius 1 is 1.69 bits per heavy atom. The number of amides is 1. The van der Waals surface area contributed by atoms with Gasteiger partial charge < -0.3 is 10.1 Å². The van der Waals surface area contributed by atoms with E-state index < -0.39 is 0 Å². The molecule has 0 spiro atoms. The normalized spacial score (nSPS) is 12.2. The van der Waals surface area contributed by atoms with Crippen molar-refractivity contribution in [2.75, 3.05) is 12.4 Å². The highest BCUT2D eigenvalue weighted by Crippen LogP contribution is 2.18. The molecule has 0 radical (unpaired) electrons. The summed E-state index contributed by atoms with van der Waals surface area (Å²) in [5.41, 5.74) is 0.692. The predicted molar refractivity (Wildman–Crippen MR) is 66.3 cm³/mol. The van der Waals surface area contributed by atoms with Crippen LogP contribution in [0.3, 0.4) is 0 Å². The molecule has 0 aliphatic rings. The maximum absolute atomic E-state index is 11.6. The van der Waals surface area contributed by atoms with Crippen LogP contribution in [0.1, 0.15) is 19.8 Å². The Bertz CT molecular complexity index is 358.